The number of hydrogen-bond acceptors (Lipinski definition) is 5. The van der Waals surface area contributed by atoms with Crippen LogP contribution in [0.4, 0.5) is 8.78 Å². The molecule has 0 amide bonds. The maximum atomic E-state index is 15.3. The molecule has 2 aromatic carbocycles. The highest BCUT2D eigenvalue weighted by Gasteiger charge is 2.34. The number of rotatable bonds is 11. The molecule has 3 atom stereocenters. The Labute approximate surface area is 190 Å². The van der Waals surface area contributed by atoms with Gasteiger partial charge in [0, 0.05) is 25.0 Å². The van der Waals surface area contributed by atoms with Gasteiger partial charge in [0.1, 0.15) is 11.6 Å². The molecule has 0 aliphatic carbocycles. The molecule has 9 heteroatoms. The van der Waals surface area contributed by atoms with E-state index in [1.807, 2.05) is 9.24 Å². The third kappa shape index (κ3) is 7.51. The van der Waals surface area contributed by atoms with Crippen LogP contribution in [0, 0.1) is 5.82 Å². The molecule has 32 heavy (non-hydrogen) atoms. The minimum absolute atomic E-state index is 0.0467. The first-order valence-corrected chi connectivity index (χ1v) is 10.7. The lowest BCUT2D eigenvalue weighted by molar-refractivity contribution is -0.138. The maximum absolute atomic E-state index is 15.3. The molecule has 0 saturated heterocycles. The molecule has 0 aliphatic heterocycles. The molecule has 0 bridgehead atoms. The second-order valence-corrected chi connectivity index (χ2v) is 8.04. The first-order valence-electron chi connectivity index (χ1n) is 9.58. The summed E-state index contributed by atoms with van der Waals surface area (Å²) in [6, 6.07) is 9.25. The highest BCUT2D eigenvalue weighted by atomic mass is 31.0. The molecule has 0 aromatic heterocycles. The number of carbonyl (C=O) groups excluding carboxylic acids is 2. The topological polar surface area (TPSA) is 61.8 Å². The van der Waals surface area contributed by atoms with Gasteiger partial charge >= 0.3 is 11.9 Å². The van der Waals surface area contributed by atoms with Crippen molar-refractivity contribution in [3.05, 3.63) is 84.2 Å². The van der Waals surface area contributed by atoms with Crippen LogP contribution >= 0.6 is 18.5 Å². The zero-order chi connectivity index (χ0) is 23.7. The first-order chi connectivity index (χ1) is 15.2. The van der Waals surface area contributed by atoms with Gasteiger partial charge in [0.2, 0.25) is 0 Å². The van der Waals surface area contributed by atoms with E-state index < -0.39 is 23.4 Å². The predicted molar refractivity (Wildman–Crippen MR) is 125 cm³/mol. The zero-order valence-corrected chi connectivity index (χ0v) is 19.6. The summed E-state index contributed by atoms with van der Waals surface area (Å²) >= 11 is 0. The Balaban J connectivity index is 2.05. The van der Waals surface area contributed by atoms with Gasteiger partial charge in [-0.3, -0.25) is 0 Å². The first kappa shape index (κ1) is 25.6. The van der Waals surface area contributed by atoms with Crippen molar-refractivity contribution in [1.29, 1.82) is 0 Å². The Morgan fingerprint density at radius 3 is 2.00 bits per heavy atom. The van der Waals surface area contributed by atoms with Crippen molar-refractivity contribution in [2.45, 2.75) is 18.4 Å². The average molecular weight is 480 g/mol. The summed E-state index contributed by atoms with van der Waals surface area (Å²) in [7, 11) is 4.18. The number of hydrogen-bond donors (Lipinski definition) is 0. The summed E-state index contributed by atoms with van der Waals surface area (Å²) in [6.07, 6.45) is 2.85. The molecule has 0 spiro atoms. The van der Waals surface area contributed by atoms with Gasteiger partial charge in [0.25, 0.3) is 5.60 Å². The quantitative estimate of drug-likeness (QED) is 0.277. The normalized spacial score (nSPS) is 12.4. The summed E-state index contributed by atoms with van der Waals surface area (Å²) in [4.78, 5) is 22.2. The van der Waals surface area contributed by atoms with E-state index >= 15 is 4.39 Å². The van der Waals surface area contributed by atoms with Crippen molar-refractivity contribution in [2.75, 3.05) is 13.2 Å². The maximum Gasteiger partial charge on any atom is 0.330 e. The Bertz CT molecular complexity index is 967. The van der Waals surface area contributed by atoms with Gasteiger partial charge in [-0.25, -0.2) is 14.0 Å². The zero-order valence-electron chi connectivity index (χ0n) is 17.3. The molecule has 0 fully saturated rings. The Morgan fingerprint density at radius 2 is 1.50 bits per heavy atom. The highest BCUT2D eigenvalue weighted by Crippen LogP contribution is 2.37. The summed E-state index contributed by atoms with van der Waals surface area (Å²) in [6.45, 7) is 6.85. The molecule has 0 N–H and O–H groups in total. The van der Waals surface area contributed by atoms with E-state index in [0.717, 1.165) is 17.7 Å². The van der Waals surface area contributed by atoms with Crippen LogP contribution in [-0.4, -0.2) is 25.2 Å². The van der Waals surface area contributed by atoms with E-state index in [1.165, 1.54) is 6.07 Å². The molecule has 170 valence electrons. The fraction of sp³-hybridized carbons (Fsp3) is 0.217. The van der Waals surface area contributed by atoms with Gasteiger partial charge in [0.05, 0.1) is 18.8 Å². The van der Waals surface area contributed by atoms with E-state index in [9.17, 15) is 14.0 Å². The van der Waals surface area contributed by atoms with Crippen LogP contribution in [0.1, 0.15) is 16.7 Å². The van der Waals surface area contributed by atoms with Crippen LogP contribution in [0.15, 0.2) is 61.7 Å². The lowest BCUT2D eigenvalue weighted by Crippen LogP contribution is -2.27. The van der Waals surface area contributed by atoms with Crippen molar-refractivity contribution < 1.29 is 32.6 Å². The Hall–Kier alpha value is -2.62. The molecular weight excluding hydrogens is 456 g/mol. The molecule has 0 heterocycles. The largest absolute Gasteiger partial charge is 0.462 e. The van der Waals surface area contributed by atoms with Crippen molar-refractivity contribution in [3.63, 3.8) is 0 Å². The summed E-state index contributed by atoms with van der Waals surface area (Å²) < 4.78 is 45.3. The van der Waals surface area contributed by atoms with Crippen molar-refractivity contribution in [1.82, 2.24) is 0 Å². The van der Waals surface area contributed by atoms with Gasteiger partial charge in [-0.2, -0.15) is 4.39 Å². The highest BCUT2D eigenvalue weighted by molar-refractivity contribution is 7.28. The Morgan fingerprint density at radius 1 is 0.969 bits per heavy atom. The van der Waals surface area contributed by atoms with Gasteiger partial charge in [-0.1, -0.05) is 31.4 Å². The molecule has 3 unspecified atom stereocenters. The van der Waals surface area contributed by atoms with E-state index in [0.29, 0.717) is 12.0 Å². The van der Waals surface area contributed by atoms with Gasteiger partial charge in [0.15, 0.2) is 0 Å². The van der Waals surface area contributed by atoms with Crippen molar-refractivity contribution in [2.24, 2.45) is 0 Å². The summed E-state index contributed by atoms with van der Waals surface area (Å²) in [5.41, 5.74) is -1.41. The summed E-state index contributed by atoms with van der Waals surface area (Å²) in [5, 5.41) is 0.271. The van der Waals surface area contributed by atoms with Crippen LogP contribution < -0.4 is 10.0 Å². The van der Waals surface area contributed by atoms with Crippen molar-refractivity contribution in [3.8, 4) is 5.75 Å². The molecule has 5 nitrogen and oxygen atoms in total. The minimum Gasteiger partial charge on any atom is -0.462 e. The average Bonchev–Trinajstić information content (AvgIpc) is 2.73. The number of alkyl halides is 1. The number of benzene rings is 2. The predicted octanol–water partition coefficient (Wildman–Crippen LogP) is 3.90. The summed E-state index contributed by atoms with van der Waals surface area (Å²) in [5.74, 6) is -1.67. The van der Waals surface area contributed by atoms with Crippen LogP contribution in [0.3, 0.4) is 0 Å². The van der Waals surface area contributed by atoms with Crippen LogP contribution in [0.5, 0.6) is 5.75 Å². The molecule has 0 saturated carbocycles. The van der Waals surface area contributed by atoms with Gasteiger partial charge < -0.3 is 14.2 Å². The van der Waals surface area contributed by atoms with Crippen LogP contribution in [0.25, 0.3) is 0 Å². The number of halogens is 2. The van der Waals surface area contributed by atoms with Gasteiger partial charge in [-0.05, 0) is 43.9 Å². The molecular formula is C23H24F2O5P2. The second-order valence-electron chi connectivity index (χ2n) is 6.68. The number of esters is 2. The number of carbonyl (C=O) groups is 2. The standard InChI is InChI=1S/C23H24F2O5P2/c1-3-20(26)28-11-9-15-5-7-17(8-6-15)30-23(25,32)22-18(24)13-16(14-19(22)31)10-12-29-21(27)4-2/h3-8,13-14H,1-2,9-12,31-32H2. The van der Waals surface area contributed by atoms with E-state index in [2.05, 4.69) is 22.4 Å². The van der Waals surface area contributed by atoms with Gasteiger partial charge in [-0.15, -0.1) is 9.24 Å². The third-order valence-electron chi connectivity index (χ3n) is 4.31. The SMILES string of the molecule is C=CC(=O)OCCc1ccc(OC(F)(P)c2c(F)cc(CCOC(=O)C=C)cc2P)cc1. The van der Waals surface area contributed by atoms with E-state index in [4.69, 9.17) is 14.2 Å². The third-order valence-corrected chi connectivity index (χ3v) is 5.18. The Kier molecular flexibility index (Phi) is 9.49. The fourth-order valence-corrected chi connectivity index (χ4v) is 3.95. The smallest absolute Gasteiger partial charge is 0.330 e. The van der Waals surface area contributed by atoms with E-state index in [-0.39, 0.29) is 36.3 Å². The second kappa shape index (κ2) is 11.8. The van der Waals surface area contributed by atoms with Crippen LogP contribution in [0.2, 0.25) is 0 Å². The van der Waals surface area contributed by atoms with Crippen molar-refractivity contribution >= 4 is 35.7 Å². The molecule has 0 radical (unpaired) electrons. The monoisotopic (exact) mass is 480 g/mol. The number of ether oxygens (including phenoxy) is 3. The fourth-order valence-electron chi connectivity index (χ4n) is 2.79. The molecule has 2 rings (SSSR count). The molecule has 0 aliphatic rings. The lowest BCUT2D eigenvalue weighted by Gasteiger charge is -2.25. The van der Waals surface area contributed by atoms with Crippen LogP contribution in [-0.2, 0) is 37.5 Å². The lowest BCUT2D eigenvalue weighted by atomic mass is 10.1. The van der Waals surface area contributed by atoms with E-state index in [1.54, 1.807) is 30.3 Å². The minimum atomic E-state index is -2.52. The molecule has 2 aromatic rings.